The van der Waals surface area contributed by atoms with Crippen LogP contribution in [0.3, 0.4) is 0 Å². The average molecular weight is 458 g/mol. The van der Waals surface area contributed by atoms with Gasteiger partial charge in [-0.15, -0.1) is 11.3 Å². The number of hydrogen-bond donors (Lipinski definition) is 0. The van der Waals surface area contributed by atoms with Crippen LogP contribution in [0.15, 0.2) is 54.6 Å². The number of esters is 1. The standard InChI is InChI=1S/C23H17Cl2NO3S/c1-13-10-18(14(2)26(13)16-6-4-3-5-7-16)19(27)12-29-23(28)22-21(25)17-9-8-15(24)11-20(17)30-22/h3-11H,12H2,1-2H3. The molecule has 2 aromatic carbocycles. The Morgan fingerprint density at radius 3 is 2.50 bits per heavy atom. The van der Waals surface area contributed by atoms with E-state index in [4.69, 9.17) is 27.9 Å². The third-order valence-corrected chi connectivity index (χ3v) is 6.73. The summed E-state index contributed by atoms with van der Waals surface area (Å²) in [6.07, 6.45) is 0. The van der Waals surface area contributed by atoms with Gasteiger partial charge in [0.2, 0.25) is 5.78 Å². The summed E-state index contributed by atoms with van der Waals surface area (Å²) >= 11 is 13.5. The Balaban J connectivity index is 1.53. The van der Waals surface area contributed by atoms with Gasteiger partial charge in [0.25, 0.3) is 0 Å². The number of thiophene rings is 1. The number of nitrogens with zero attached hydrogens (tertiary/aromatic N) is 1. The second-order valence-electron chi connectivity index (χ2n) is 6.84. The van der Waals surface area contributed by atoms with Crippen LogP contribution in [-0.4, -0.2) is 22.9 Å². The molecule has 0 fully saturated rings. The number of rotatable bonds is 5. The van der Waals surface area contributed by atoms with E-state index in [0.717, 1.165) is 27.2 Å². The van der Waals surface area contributed by atoms with Gasteiger partial charge in [0, 0.05) is 37.7 Å². The zero-order valence-corrected chi connectivity index (χ0v) is 18.6. The van der Waals surface area contributed by atoms with Gasteiger partial charge in [-0.3, -0.25) is 4.79 Å². The van der Waals surface area contributed by atoms with Crippen molar-refractivity contribution in [3.63, 3.8) is 0 Å². The van der Waals surface area contributed by atoms with Crippen molar-refractivity contribution in [2.45, 2.75) is 13.8 Å². The summed E-state index contributed by atoms with van der Waals surface area (Å²) in [6, 6.07) is 16.8. The Hall–Kier alpha value is -2.60. The summed E-state index contributed by atoms with van der Waals surface area (Å²) in [6.45, 7) is 3.45. The number of para-hydroxylation sites is 1. The highest BCUT2D eigenvalue weighted by molar-refractivity contribution is 7.21. The fraction of sp³-hybridized carbons (Fsp3) is 0.130. The third-order valence-electron chi connectivity index (χ3n) is 4.86. The minimum absolute atomic E-state index is 0.261. The molecule has 7 heteroatoms. The van der Waals surface area contributed by atoms with Crippen molar-refractivity contribution in [2.75, 3.05) is 6.61 Å². The third kappa shape index (κ3) is 3.76. The zero-order valence-electron chi connectivity index (χ0n) is 16.2. The summed E-state index contributed by atoms with van der Waals surface area (Å²) in [5.74, 6) is -0.888. The van der Waals surface area contributed by atoms with Gasteiger partial charge in [-0.2, -0.15) is 0 Å². The number of Topliss-reactive ketones (excluding diaryl/α,β-unsaturated/α-hetero) is 1. The number of carbonyl (C=O) groups excluding carboxylic acids is 2. The second kappa shape index (κ2) is 8.26. The molecule has 0 aliphatic heterocycles. The van der Waals surface area contributed by atoms with Gasteiger partial charge in [0.1, 0.15) is 4.88 Å². The molecule has 30 heavy (non-hydrogen) atoms. The van der Waals surface area contributed by atoms with Crippen LogP contribution < -0.4 is 0 Å². The largest absolute Gasteiger partial charge is 0.453 e. The van der Waals surface area contributed by atoms with Crippen LogP contribution in [0.2, 0.25) is 10.0 Å². The number of ketones is 1. The van der Waals surface area contributed by atoms with Crippen molar-refractivity contribution in [1.82, 2.24) is 4.57 Å². The van der Waals surface area contributed by atoms with E-state index in [1.165, 1.54) is 11.3 Å². The van der Waals surface area contributed by atoms with Gasteiger partial charge in [-0.1, -0.05) is 47.5 Å². The highest BCUT2D eigenvalue weighted by Crippen LogP contribution is 2.37. The van der Waals surface area contributed by atoms with Crippen LogP contribution in [0.4, 0.5) is 0 Å². The van der Waals surface area contributed by atoms with E-state index < -0.39 is 5.97 Å². The van der Waals surface area contributed by atoms with Crippen molar-refractivity contribution >= 4 is 56.4 Å². The van der Waals surface area contributed by atoms with Crippen molar-refractivity contribution < 1.29 is 14.3 Å². The van der Waals surface area contributed by atoms with Crippen LogP contribution in [0, 0.1) is 13.8 Å². The van der Waals surface area contributed by atoms with Gasteiger partial charge < -0.3 is 9.30 Å². The van der Waals surface area contributed by atoms with E-state index >= 15 is 0 Å². The Bertz CT molecular complexity index is 1270. The van der Waals surface area contributed by atoms with E-state index in [1.807, 2.05) is 54.8 Å². The van der Waals surface area contributed by atoms with E-state index in [2.05, 4.69) is 0 Å². The molecular weight excluding hydrogens is 441 g/mol. The van der Waals surface area contributed by atoms with Crippen LogP contribution in [0.1, 0.15) is 31.4 Å². The van der Waals surface area contributed by atoms with Crippen LogP contribution >= 0.6 is 34.5 Å². The predicted octanol–water partition coefficient (Wildman–Crippen LogP) is 6.66. The number of benzene rings is 2. The van der Waals surface area contributed by atoms with Crippen molar-refractivity contribution in [3.8, 4) is 5.69 Å². The van der Waals surface area contributed by atoms with Gasteiger partial charge in [-0.05, 0) is 44.2 Å². The molecule has 0 bridgehead atoms. The monoisotopic (exact) mass is 457 g/mol. The molecule has 0 saturated heterocycles. The number of aromatic nitrogens is 1. The van der Waals surface area contributed by atoms with E-state index in [9.17, 15) is 9.59 Å². The minimum atomic E-state index is -0.623. The Labute approximate surface area is 187 Å². The first-order chi connectivity index (χ1) is 14.4. The summed E-state index contributed by atoms with van der Waals surface area (Å²) in [5, 5.41) is 1.60. The average Bonchev–Trinajstić information content (AvgIpc) is 3.22. The second-order valence-corrected chi connectivity index (χ2v) is 8.71. The molecule has 0 aliphatic carbocycles. The molecule has 0 radical (unpaired) electrons. The molecule has 0 aliphatic rings. The lowest BCUT2D eigenvalue weighted by molar-refractivity contribution is 0.0479. The molecule has 4 rings (SSSR count). The molecule has 2 heterocycles. The summed E-state index contributed by atoms with van der Waals surface area (Å²) in [4.78, 5) is 25.6. The zero-order chi connectivity index (χ0) is 21.4. The molecule has 0 amide bonds. The van der Waals surface area contributed by atoms with Crippen molar-refractivity contribution in [1.29, 1.82) is 0 Å². The lowest BCUT2D eigenvalue weighted by Gasteiger charge is -2.09. The van der Waals surface area contributed by atoms with Crippen molar-refractivity contribution in [3.05, 3.63) is 86.5 Å². The SMILES string of the molecule is Cc1cc(C(=O)COC(=O)c2sc3cc(Cl)ccc3c2Cl)c(C)n1-c1ccccc1. The number of carbonyl (C=O) groups is 2. The molecule has 4 aromatic rings. The summed E-state index contributed by atoms with van der Waals surface area (Å²) < 4.78 is 8.08. The Morgan fingerprint density at radius 1 is 1.03 bits per heavy atom. The maximum Gasteiger partial charge on any atom is 0.350 e. The molecule has 152 valence electrons. The molecular formula is C23H17Cl2NO3S. The van der Waals surface area contributed by atoms with Gasteiger partial charge in [-0.25, -0.2) is 4.79 Å². The Morgan fingerprint density at radius 2 is 1.77 bits per heavy atom. The smallest absolute Gasteiger partial charge is 0.350 e. The van der Waals surface area contributed by atoms with Crippen LogP contribution in [0.25, 0.3) is 15.8 Å². The molecule has 0 N–H and O–H groups in total. The highest BCUT2D eigenvalue weighted by Gasteiger charge is 2.22. The van der Waals surface area contributed by atoms with Crippen molar-refractivity contribution in [2.24, 2.45) is 0 Å². The molecule has 0 spiro atoms. The first-order valence-corrected chi connectivity index (χ1v) is 10.8. The predicted molar refractivity (Wildman–Crippen MR) is 122 cm³/mol. The summed E-state index contributed by atoms with van der Waals surface area (Å²) in [7, 11) is 0. The Kier molecular flexibility index (Phi) is 5.69. The van der Waals surface area contributed by atoms with Gasteiger partial charge >= 0.3 is 5.97 Å². The maximum atomic E-state index is 12.8. The van der Waals surface area contributed by atoms with Gasteiger partial charge in [0.05, 0.1) is 5.02 Å². The fourth-order valence-electron chi connectivity index (χ4n) is 3.46. The first-order valence-electron chi connectivity index (χ1n) is 9.19. The van der Waals surface area contributed by atoms with E-state index in [-0.39, 0.29) is 17.3 Å². The van der Waals surface area contributed by atoms with E-state index in [0.29, 0.717) is 15.6 Å². The number of halogens is 2. The molecule has 2 aromatic heterocycles. The molecule has 4 nitrogen and oxygen atoms in total. The number of fused-ring (bicyclic) bond motifs is 1. The first kappa shape index (κ1) is 20.7. The topological polar surface area (TPSA) is 48.3 Å². The summed E-state index contributed by atoms with van der Waals surface area (Å²) in [5.41, 5.74) is 3.23. The number of ether oxygens (including phenoxy) is 1. The van der Waals surface area contributed by atoms with Crippen LogP contribution in [0.5, 0.6) is 0 Å². The maximum absolute atomic E-state index is 12.8. The lowest BCUT2D eigenvalue weighted by Crippen LogP contribution is -2.14. The number of hydrogen-bond acceptors (Lipinski definition) is 4. The lowest BCUT2D eigenvalue weighted by atomic mass is 10.1. The quantitative estimate of drug-likeness (QED) is 0.248. The highest BCUT2D eigenvalue weighted by atomic mass is 35.5. The van der Waals surface area contributed by atoms with E-state index in [1.54, 1.807) is 18.2 Å². The molecule has 0 saturated carbocycles. The molecule has 0 atom stereocenters. The van der Waals surface area contributed by atoms with Gasteiger partial charge in [0.15, 0.2) is 6.61 Å². The molecule has 0 unspecified atom stereocenters. The fourth-order valence-corrected chi connectivity index (χ4v) is 5.14. The minimum Gasteiger partial charge on any atom is -0.453 e. The number of aryl methyl sites for hydroxylation is 1. The normalized spacial score (nSPS) is 11.1. The van der Waals surface area contributed by atoms with Crippen LogP contribution in [-0.2, 0) is 4.74 Å².